The van der Waals surface area contributed by atoms with Crippen LogP contribution in [0.4, 0.5) is 4.79 Å². The number of carbonyl (C=O) groups is 2. The Morgan fingerprint density at radius 1 is 1.13 bits per heavy atom. The summed E-state index contributed by atoms with van der Waals surface area (Å²) >= 11 is 0. The third kappa shape index (κ3) is 8.24. The molecule has 0 radical (unpaired) electrons. The summed E-state index contributed by atoms with van der Waals surface area (Å²) in [6.07, 6.45) is 13.5. The Balaban J connectivity index is 1.48. The third-order valence-electron chi connectivity index (χ3n) is 12.6. The number of nitrogens with one attached hydrogen (secondary N) is 1. The zero-order valence-corrected chi connectivity index (χ0v) is 31.5. The van der Waals surface area contributed by atoms with Gasteiger partial charge in [-0.15, -0.1) is 0 Å². The number of aliphatic hydroxyl groups excluding tert-OH is 2. The molecule has 52 heavy (non-hydrogen) atoms. The first-order valence-corrected chi connectivity index (χ1v) is 19.1. The highest BCUT2D eigenvalue weighted by Gasteiger charge is 2.64. The van der Waals surface area contributed by atoms with Gasteiger partial charge in [0.25, 0.3) is 0 Å². The summed E-state index contributed by atoms with van der Waals surface area (Å²) in [5, 5.41) is 49.4. The van der Waals surface area contributed by atoms with E-state index >= 15 is 0 Å². The second-order valence-corrected chi connectivity index (χ2v) is 16.3. The summed E-state index contributed by atoms with van der Waals surface area (Å²) in [6.45, 7) is 11.7. The number of Topliss-reactive ketones (excluding diaryl/α,β-unsaturated/α-hetero) is 1. The van der Waals surface area contributed by atoms with Crippen molar-refractivity contribution in [1.29, 1.82) is 0 Å². The van der Waals surface area contributed by atoms with Gasteiger partial charge in [0.1, 0.15) is 11.9 Å². The minimum Gasteiger partial charge on any atom is -0.410 e. The number of hydrogen-bond acceptors (Lipinski definition) is 8. The van der Waals surface area contributed by atoms with Crippen molar-refractivity contribution in [2.45, 2.75) is 135 Å². The van der Waals surface area contributed by atoms with Crippen molar-refractivity contribution >= 4 is 11.9 Å². The van der Waals surface area contributed by atoms with Gasteiger partial charge in [0.05, 0.1) is 23.9 Å². The predicted octanol–water partition coefficient (Wildman–Crippen LogP) is 6.96. The van der Waals surface area contributed by atoms with Crippen molar-refractivity contribution in [3.8, 4) is 5.75 Å². The first kappa shape index (κ1) is 39.9. The van der Waals surface area contributed by atoms with E-state index in [0.717, 1.165) is 36.8 Å². The van der Waals surface area contributed by atoms with Crippen molar-refractivity contribution in [1.82, 2.24) is 5.32 Å². The Kier molecular flexibility index (Phi) is 12.5. The van der Waals surface area contributed by atoms with Gasteiger partial charge >= 0.3 is 6.09 Å². The fourth-order valence-electron chi connectivity index (χ4n) is 9.62. The number of benzene rings is 1. The second-order valence-electron chi connectivity index (χ2n) is 16.3. The molecule has 9 heteroatoms. The zero-order valence-electron chi connectivity index (χ0n) is 31.5. The number of allylic oxidation sites excluding steroid dienone is 8. The number of aliphatic hydroxyl groups is 4. The number of carbonyl (C=O) groups excluding carboxylic acids is 2. The highest BCUT2D eigenvalue weighted by Crippen LogP contribution is 2.63. The molecule has 7 N–H and O–H groups in total. The van der Waals surface area contributed by atoms with Crippen LogP contribution in [0, 0.1) is 17.3 Å². The lowest BCUT2D eigenvalue weighted by molar-refractivity contribution is -0.169. The van der Waals surface area contributed by atoms with Gasteiger partial charge in [-0.1, -0.05) is 78.6 Å². The van der Waals surface area contributed by atoms with Gasteiger partial charge in [-0.25, -0.2) is 4.79 Å². The van der Waals surface area contributed by atoms with E-state index in [9.17, 15) is 30.0 Å². The fourth-order valence-corrected chi connectivity index (χ4v) is 9.62. The van der Waals surface area contributed by atoms with E-state index in [0.29, 0.717) is 79.4 Å². The van der Waals surface area contributed by atoms with E-state index in [1.54, 1.807) is 18.2 Å². The Morgan fingerprint density at radius 2 is 1.87 bits per heavy atom. The largest absolute Gasteiger partial charge is 0.414 e. The Morgan fingerprint density at radius 3 is 2.56 bits per heavy atom. The first-order valence-electron chi connectivity index (χ1n) is 19.1. The molecule has 9 nitrogen and oxygen atoms in total. The van der Waals surface area contributed by atoms with E-state index in [2.05, 4.69) is 31.8 Å². The highest BCUT2D eigenvalue weighted by molar-refractivity contribution is 5.97. The molecule has 0 saturated heterocycles. The number of fused-ring (bicyclic) bond motifs is 1. The van der Waals surface area contributed by atoms with E-state index in [-0.39, 0.29) is 24.7 Å². The summed E-state index contributed by atoms with van der Waals surface area (Å²) < 4.78 is 5.49. The van der Waals surface area contributed by atoms with Gasteiger partial charge < -0.3 is 36.2 Å². The summed E-state index contributed by atoms with van der Waals surface area (Å²) in [7, 11) is 0. The van der Waals surface area contributed by atoms with Gasteiger partial charge in [-0.05, 0) is 109 Å². The normalized spacial score (nSPS) is 30.9. The lowest BCUT2D eigenvalue weighted by atomic mass is 9.52. The van der Waals surface area contributed by atoms with E-state index < -0.39 is 40.9 Å². The van der Waals surface area contributed by atoms with Gasteiger partial charge in [-0.2, -0.15) is 0 Å². The molecule has 1 spiro atoms. The molecule has 5 rings (SSSR count). The Bertz CT molecular complexity index is 1640. The zero-order chi connectivity index (χ0) is 37.8. The lowest BCUT2D eigenvalue weighted by Gasteiger charge is -2.56. The van der Waals surface area contributed by atoms with Crippen LogP contribution in [-0.2, 0) is 11.2 Å². The van der Waals surface area contributed by atoms with Gasteiger partial charge in [-0.3, -0.25) is 4.79 Å². The third-order valence-corrected chi connectivity index (χ3v) is 12.6. The van der Waals surface area contributed by atoms with Crippen molar-refractivity contribution in [2.75, 3.05) is 6.61 Å². The average Bonchev–Trinajstić information content (AvgIpc) is 3.67. The fraction of sp³-hybridized carbons (Fsp3) is 0.581. The number of hydrogen-bond donors (Lipinski definition) is 6. The molecule has 284 valence electrons. The van der Waals surface area contributed by atoms with Crippen molar-refractivity contribution in [3.05, 3.63) is 88.1 Å². The maximum absolute atomic E-state index is 14.2. The van der Waals surface area contributed by atoms with Crippen LogP contribution in [0.5, 0.6) is 5.75 Å². The van der Waals surface area contributed by atoms with E-state index in [1.807, 2.05) is 32.1 Å². The molecular weight excluding hydrogens is 656 g/mol. The van der Waals surface area contributed by atoms with Crippen LogP contribution in [0.1, 0.15) is 122 Å². The van der Waals surface area contributed by atoms with Crippen LogP contribution in [-0.4, -0.2) is 56.2 Å². The van der Waals surface area contributed by atoms with E-state index in [1.165, 1.54) is 5.57 Å². The Labute approximate surface area is 309 Å². The minimum absolute atomic E-state index is 0.00685. The minimum atomic E-state index is -1.26. The molecule has 0 unspecified atom stereocenters. The molecule has 1 aliphatic heterocycles. The molecule has 6 atom stereocenters. The second kappa shape index (κ2) is 16.4. The predicted molar refractivity (Wildman–Crippen MR) is 203 cm³/mol. The molecule has 1 aromatic carbocycles. The molecule has 0 bridgehead atoms. The summed E-state index contributed by atoms with van der Waals surface area (Å²) in [6, 6.07) is 5.32. The monoisotopic (exact) mass is 716 g/mol. The molecule has 4 aliphatic rings. The summed E-state index contributed by atoms with van der Waals surface area (Å²) in [5.74, 6) is -0.607. The van der Waals surface area contributed by atoms with Crippen LogP contribution in [0.2, 0.25) is 0 Å². The van der Waals surface area contributed by atoms with Crippen LogP contribution >= 0.6 is 0 Å². The molecule has 1 amide bonds. The van der Waals surface area contributed by atoms with Gasteiger partial charge in [0.15, 0.2) is 5.78 Å². The molecule has 1 aromatic rings. The molecule has 3 fully saturated rings. The topological polar surface area (TPSA) is 162 Å². The highest BCUT2D eigenvalue weighted by atomic mass is 16.6. The molecule has 0 aromatic heterocycles. The van der Waals surface area contributed by atoms with Crippen molar-refractivity contribution in [3.63, 3.8) is 0 Å². The summed E-state index contributed by atoms with van der Waals surface area (Å²) in [4.78, 5) is 26.4. The molecule has 3 aliphatic carbocycles. The number of ether oxygens (including phenoxy) is 1. The van der Waals surface area contributed by atoms with Crippen molar-refractivity contribution in [2.24, 2.45) is 23.0 Å². The number of ketones is 1. The van der Waals surface area contributed by atoms with Crippen molar-refractivity contribution < 1.29 is 34.8 Å². The summed E-state index contributed by atoms with van der Waals surface area (Å²) in [5.41, 5.74) is 8.62. The SMILES string of the molecule is C=C(/C=C/C=C(/CO)[C@H]1CC[C@@]2([C@H](CCC3(O)CCCC3)/C(=C(\C)C(=O)Cc3cccc4c3OC(=O)N[C@@H]4N)CC[C@@]2(C)O)[C@@H]1O)CCC=C(C)C. The Hall–Kier alpha value is -3.34. The number of para-hydroxylation sites is 1. The van der Waals surface area contributed by atoms with Crippen LogP contribution < -0.4 is 15.8 Å². The number of rotatable bonds is 13. The lowest BCUT2D eigenvalue weighted by Crippen LogP contribution is -2.59. The van der Waals surface area contributed by atoms with Crippen LogP contribution in [0.25, 0.3) is 0 Å². The molecule has 3 saturated carbocycles. The standard InChI is InChI=1S/C43H60N2O7/c1-27(2)11-8-12-28(3)13-9-15-31(26-46)33-18-24-43(38(33)48)35(19-23-42(51)20-6-7-21-42)32(17-22-41(43,5)50)29(4)36(47)25-30-14-10-16-34-37(30)52-40(49)45-39(34)44/h9-11,13-16,33,35,38-39,46,48,50-51H,3,6-8,12,17-26,44H2,1-2,4-5H3,(H,45,49)/b13-9+,31-15-,32-29+/t33-,35-,38-,39+,41-,43-/m1/s1. The first-order chi connectivity index (χ1) is 24.6. The van der Waals surface area contributed by atoms with Crippen LogP contribution in [0.3, 0.4) is 0 Å². The number of amides is 1. The van der Waals surface area contributed by atoms with E-state index in [4.69, 9.17) is 10.5 Å². The van der Waals surface area contributed by atoms with Crippen LogP contribution in [0.15, 0.2) is 76.9 Å². The quantitative estimate of drug-likeness (QED) is 0.0726. The molecular formula is C43H60N2O7. The van der Waals surface area contributed by atoms with Gasteiger partial charge in [0, 0.05) is 28.9 Å². The smallest absolute Gasteiger partial charge is 0.410 e. The average molecular weight is 717 g/mol. The maximum Gasteiger partial charge on any atom is 0.414 e. The van der Waals surface area contributed by atoms with Gasteiger partial charge in [0.2, 0.25) is 0 Å². The number of nitrogens with two attached hydrogens (primary N) is 1. The maximum atomic E-state index is 14.2. The molecule has 1 heterocycles.